The number of halogens is 1. The number of fused-ring (bicyclic) bond motifs is 1. The zero-order valence-corrected chi connectivity index (χ0v) is 13.7. The van der Waals surface area contributed by atoms with E-state index in [0.717, 1.165) is 16.8 Å². The lowest BCUT2D eigenvalue weighted by Crippen LogP contribution is -2.25. The minimum Gasteiger partial charge on any atom is -0.497 e. The Morgan fingerprint density at radius 2 is 1.96 bits per heavy atom. The van der Waals surface area contributed by atoms with Crippen LogP contribution >= 0.6 is 11.6 Å². The maximum Gasteiger partial charge on any atom is 0.323 e. The highest BCUT2D eigenvalue weighted by atomic mass is 35.5. The number of aliphatic carboxylic acids is 1. The van der Waals surface area contributed by atoms with Gasteiger partial charge in [0.2, 0.25) is 0 Å². The minimum atomic E-state index is -0.926. The normalized spacial score (nSPS) is 10.6. The van der Waals surface area contributed by atoms with Crippen LogP contribution in [0, 0.1) is 0 Å². The van der Waals surface area contributed by atoms with Gasteiger partial charge in [0, 0.05) is 22.3 Å². The fourth-order valence-electron chi connectivity index (χ4n) is 2.55. The number of carboxylic acids is 1. The lowest BCUT2D eigenvalue weighted by molar-refractivity contribution is -0.135. The summed E-state index contributed by atoms with van der Waals surface area (Å²) in [6, 6.07) is 14.4. The van der Waals surface area contributed by atoms with Gasteiger partial charge in [-0.1, -0.05) is 11.6 Å². The number of carboxylic acid groups (broad SMARTS) is 1. The van der Waals surface area contributed by atoms with Crippen molar-refractivity contribution in [2.45, 2.75) is 0 Å². The smallest absolute Gasteiger partial charge is 0.323 e. The summed E-state index contributed by atoms with van der Waals surface area (Å²) in [5, 5.41) is 10.7. The summed E-state index contributed by atoms with van der Waals surface area (Å²) in [6.07, 6.45) is 1.65. The molecular weight excluding hydrogens is 328 g/mol. The molecule has 1 N–H and O–H groups in total. The van der Waals surface area contributed by atoms with Gasteiger partial charge in [0.15, 0.2) is 0 Å². The van der Waals surface area contributed by atoms with Crippen LogP contribution in [-0.2, 0) is 4.79 Å². The van der Waals surface area contributed by atoms with Crippen LogP contribution in [0.2, 0.25) is 5.02 Å². The molecule has 0 aliphatic rings. The Labute approximate surface area is 144 Å². The number of methoxy groups -OCH3 is 1. The molecule has 24 heavy (non-hydrogen) atoms. The third kappa shape index (κ3) is 3.26. The van der Waals surface area contributed by atoms with Gasteiger partial charge in [-0.2, -0.15) is 0 Å². The van der Waals surface area contributed by atoms with Crippen molar-refractivity contribution in [1.82, 2.24) is 4.98 Å². The van der Waals surface area contributed by atoms with Crippen LogP contribution in [0.15, 0.2) is 54.7 Å². The number of pyridine rings is 1. The van der Waals surface area contributed by atoms with Crippen molar-refractivity contribution in [1.29, 1.82) is 0 Å². The molecule has 1 heterocycles. The Morgan fingerprint density at radius 3 is 2.62 bits per heavy atom. The number of hydrogen-bond acceptors (Lipinski definition) is 4. The van der Waals surface area contributed by atoms with E-state index in [1.165, 1.54) is 0 Å². The summed E-state index contributed by atoms with van der Waals surface area (Å²) in [5.74, 6) is -0.217. The fourth-order valence-corrected chi connectivity index (χ4v) is 2.72. The third-order valence-corrected chi connectivity index (χ3v) is 3.89. The van der Waals surface area contributed by atoms with Crippen LogP contribution < -0.4 is 9.64 Å². The molecule has 0 unspecified atom stereocenters. The summed E-state index contributed by atoms with van der Waals surface area (Å²) in [6.45, 7) is -0.173. The van der Waals surface area contributed by atoms with Gasteiger partial charge in [-0.25, -0.2) is 0 Å². The van der Waals surface area contributed by atoms with Gasteiger partial charge >= 0.3 is 5.97 Å². The van der Waals surface area contributed by atoms with Crippen molar-refractivity contribution in [2.75, 3.05) is 18.6 Å². The second-order valence-corrected chi connectivity index (χ2v) is 5.61. The van der Waals surface area contributed by atoms with Gasteiger partial charge in [0.25, 0.3) is 0 Å². The quantitative estimate of drug-likeness (QED) is 0.755. The van der Waals surface area contributed by atoms with Gasteiger partial charge in [0.05, 0.1) is 18.3 Å². The number of aromatic nitrogens is 1. The molecule has 6 heteroatoms. The Kier molecular flexibility index (Phi) is 4.53. The third-order valence-electron chi connectivity index (χ3n) is 3.65. The molecule has 3 aromatic rings. The minimum absolute atomic E-state index is 0.173. The van der Waals surface area contributed by atoms with Crippen LogP contribution in [0.25, 0.3) is 10.9 Å². The number of hydrogen-bond donors (Lipinski definition) is 1. The topological polar surface area (TPSA) is 62.7 Å². The van der Waals surface area contributed by atoms with Gasteiger partial charge in [-0.3, -0.25) is 9.78 Å². The van der Waals surface area contributed by atoms with E-state index in [1.807, 2.05) is 18.2 Å². The second kappa shape index (κ2) is 6.76. The molecule has 0 bridgehead atoms. The molecule has 5 nitrogen and oxygen atoms in total. The summed E-state index contributed by atoms with van der Waals surface area (Å²) in [7, 11) is 1.59. The Bertz CT molecular complexity index is 881. The maximum atomic E-state index is 11.4. The monoisotopic (exact) mass is 342 g/mol. The van der Waals surface area contributed by atoms with Crippen molar-refractivity contribution in [3.63, 3.8) is 0 Å². The first-order valence-electron chi connectivity index (χ1n) is 7.26. The molecule has 0 radical (unpaired) electrons. The highest BCUT2D eigenvalue weighted by molar-refractivity contribution is 6.31. The first kappa shape index (κ1) is 16.1. The molecule has 0 aliphatic carbocycles. The van der Waals surface area contributed by atoms with Crippen LogP contribution in [0.1, 0.15) is 0 Å². The zero-order chi connectivity index (χ0) is 17.1. The number of rotatable bonds is 5. The van der Waals surface area contributed by atoms with E-state index in [4.69, 9.17) is 16.3 Å². The molecule has 2 aromatic carbocycles. The summed E-state index contributed by atoms with van der Waals surface area (Å²) >= 11 is 6.02. The van der Waals surface area contributed by atoms with Crippen LogP contribution in [0.3, 0.4) is 0 Å². The predicted octanol–water partition coefficient (Wildman–Crippen LogP) is 4.12. The Balaban J connectivity index is 2.13. The van der Waals surface area contributed by atoms with Crippen LogP contribution in [0.5, 0.6) is 5.75 Å². The fraction of sp³-hybridized carbons (Fsp3) is 0.111. The second-order valence-electron chi connectivity index (χ2n) is 5.17. The number of benzene rings is 2. The van der Waals surface area contributed by atoms with Gasteiger partial charge < -0.3 is 14.7 Å². The first-order valence-corrected chi connectivity index (χ1v) is 7.64. The van der Waals surface area contributed by atoms with E-state index < -0.39 is 5.97 Å². The summed E-state index contributed by atoms with van der Waals surface area (Å²) < 4.78 is 5.16. The predicted molar refractivity (Wildman–Crippen MR) is 94.4 cm³/mol. The van der Waals surface area contributed by atoms with Crippen molar-refractivity contribution in [3.05, 3.63) is 59.8 Å². The van der Waals surface area contributed by atoms with Gasteiger partial charge in [0.1, 0.15) is 12.3 Å². The van der Waals surface area contributed by atoms with Crippen LogP contribution in [-0.4, -0.2) is 29.7 Å². The number of carbonyl (C=O) groups is 1. The van der Waals surface area contributed by atoms with Gasteiger partial charge in [-0.15, -0.1) is 0 Å². The molecule has 122 valence electrons. The molecule has 0 saturated carbocycles. The van der Waals surface area contributed by atoms with Gasteiger partial charge in [-0.05, 0) is 48.5 Å². The number of nitrogens with zero attached hydrogens (tertiary/aromatic N) is 2. The average Bonchev–Trinajstić information content (AvgIpc) is 2.59. The van der Waals surface area contributed by atoms with E-state index in [-0.39, 0.29) is 6.54 Å². The van der Waals surface area contributed by atoms with Crippen molar-refractivity contribution in [2.24, 2.45) is 0 Å². The van der Waals surface area contributed by atoms with Crippen molar-refractivity contribution >= 4 is 39.8 Å². The number of anilines is 2. The summed E-state index contributed by atoms with van der Waals surface area (Å²) in [4.78, 5) is 17.4. The lowest BCUT2D eigenvalue weighted by atomic mass is 10.1. The highest BCUT2D eigenvalue weighted by Crippen LogP contribution is 2.33. The maximum absolute atomic E-state index is 11.4. The van der Waals surface area contributed by atoms with E-state index in [9.17, 15) is 9.90 Å². The standard InChI is InChI=1S/C18H15ClN2O3/c1-24-14-5-3-13(4-6-14)21(11-18(22)23)17-8-9-20-16-10-12(19)2-7-15(16)17/h2-10H,11H2,1H3,(H,22,23). The molecule has 0 atom stereocenters. The largest absolute Gasteiger partial charge is 0.497 e. The molecule has 0 spiro atoms. The molecule has 3 rings (SSSR count). The highest BCUT2D eigenvalue weighted by Gasteiger charge is 2.16. The SMILES string of the molecule is COc1ccc(N(CC(=O)O)c2ccnc3cc(Cl)ccc23)cc1. The lowest BCUT2D eigenvalue weighted by Gasteiger charge is -2.24. The molecule has 0 saturated heterocycles. The van der Waals surface area contributed by atoms with E-state index in [1.54, 1.807) is 48.5 Å². The molecule has 1 aromatic heterocycles. The van der Waals surface area contributed by atoms with E-state index in [0.29, 0.717) is 16.3 Å². The average molecular weight is 343 g/mol. The molecule has 0 fully saturated rings. The van der Waals surface area contributed by atoms with E-state index >= 15 is 0 Å². The van der Waals surface area contributed by atoms with E-state index in [2.05, 4.69) is 4.98 Å². The van der Waals surface area contributed by atoms with Crippen molar-refractivity contribution in [3.8, 4) is 5.75 Å². The Morgan fingerprint density at radius 1 is 1.21 bits per heavy atom. The summed E-state index contributed by atoms with van der Waals surface area (Å²) in [5.41, 5.74) is 2.22. The number of ether oxygens (including phenoxy) is 1. The zero-order valence-electron chi connectivity index (χ0n) is 12.9. The van der Waals surface area contributed by atoms with Crippen molar-refractivity contribution < 1.29 is 14.6 Å². The van der Waals surface area contributed by atoms with Crippen LogP contribution in [0.4, 0.5) is 11.4 Å². The molecule has 0 aliphatic heterocycles. The molecular formula is C18H15ClN2O3. The molecule has 0 amide bonds. The first-order chi connectivity index (χ1) is 11.6. The Hall–Kier alpha value is -2.79.